The summed E-state index contributed by atoms with van der Waals surface area (Å²) < 4.78 is 5.48. The van der Waals surface area contributed by atoms with Crippen LogP contribution in [0.2, 0.25) is 0 Å². The van der Waals surface area contributed by atoms with Crippen LogP contribution in [0, 0.1) is 5.92 Å². The molecule has 104 valence electrons. The number of hydrogen-bond acceptors (Lipinski definition) is 2. The molecule has 0 saturated carbocycles. The molecule has 1 amide bonds. The standard InChI is InChI=1S/C15H20ClNO2/c1-12-14(7-10-19-12)15(18)17(9-8-16)11-13-5-3-2-4-6-13/h2-6,12,14H,7-11H2,1H3. The monoisotopic (exact) mass is 281 g/mol. The molecule has 19 heavy (non-hydrogen) atoms. The van der Waals surface area contributed by atoms with E-state index >= 15 is 0 Å². The first-order valence-electron chi connectivity index (χ1n) is 6.72. The molecule has 1 fully saturated rings. The van der Waals surface area contributed by atoms with Crippen LogP contribution in [0.25, 0.3) is 0 Å². The zero-order valence-corrected chi connectivity index (χ0v) is 12.0. The average Bonchev–Trinajstić information content (AvgIpc) is 2.85. The zero-order chi connectivity index (χ0) is 13.7. The average molecular weight is 282 g/mol. The van der Waals surface area contributed by atoms with Crippen LogP contribution in [0.3, 0.4) is 0 Å². The lowest BCUT2D eigenvalue weighted by Crippen LogP contribution is -2.39. The molecule has 3 nitrogen and oxygen atoms in total. The predicted molar refractivity (Wildman–Crippen MR) is 76.1 cm³/mol. The second-order valence-electron chi connectivity index (χ2n) is 4.91. The van der Waals surface area contributed by atoms with Crippen molar-refractivity contribution >= 4 is 17.5 Å². The van der Waals surface area contributed by atoms with Crippen molar-refractivity contribution < 1.29 is 9.53 Å². The molecule has 1 heterocycles. The number of amides is 1. The van der Waals surface area contributed by atoms with E-state index in [2.05, 4.69) is 0 Å². The molecule has 1 aliphatic heterocycles. The highest BCUT2D eigenvalue weighted by Gasteiger charge is 2.33. The maximum Gasteiger partial charge on any atom is 0.228 e. The fourth-order valence-electron chi connectivity index (χ4n) is 2.46. The summed E-state index contributed by atoms with van der Waals surface area (Å²) in [7, 11) is 0. The number of nitrogens with zero attached hydrogens (tertiary/aromatic N) is 1. The first-order valence-corrected chi connectivity index (χ1v) is 7.26. The minimum Gasteiger partial charge on any atom is -0.378 e. The van der Waals surface area contributed by atoms with Gasteiger partial charge in [0.25, 0.3) is 0 Å². The highest BCUT2D eigenvalue weighted by Crippen LogP contribution is 2.23. The van der Waals surface area contributed by atoms with Crippen LogP contribution in [0.4, 0.5) is 0 Å². The SMILES string of the molecule is CC1OCCC1C(=O)N(CCCl)Cc1ccccc1. The van der Waals surface area contributed by atoms with E-state index in [-0.39, 0.29) is 17.9 Å². The molecule has 2 atom stereocenters. The Kier molecular flexibility index (Phi) is 5.23. The fraction of sp³-hybridized carbons (Fsp3) is 0.533. The third kappa shape index (κ3) is 3.71. The molecule has 2 rings (SSSR count). The van der Waals surface area contributed by atoms with Crippen LogP contribution in [-0.4, -0.2) is 35.9 Å². The maximum atomic E-state index is 12.5. The van der Waals surface area contributed by atoms with Crippen molar-refractivity contribution in [1.29, 1.82) is 0 Å². The molecule has 4 heteroatoms. The van der Waals surface area contributed by atoms with Gasteiger partial charge in [0.15, 0.2) is 0 Å². The van der Waals surface area contributed by atoms with Crippen molar-refractivity contribution in [2.45, 2.75) is 26.0 Å². The maximum absolute atomic E-state index is 12.5. The third-order valence-electron chi connectivity index (χ3n) is 3.58. The van der Waals surface area contributed by atoms with Crippen molar-refractivity contribution in [2.75, 3.05) is 19.0 Å². The van der Waals surface area contributed by atoms with E-state index in [9.17, 15) is 4.79 Å². The van der Waals surface area contributed by atoms with Gasteiger partial charge in [-0.2, -0.15) is 0 Å². The first-order chi connectivity index (χ1) is 9.22. The van der Waals surface area contributed by atoms with Crippen molar-refractivity contribution in [3.63, 3.8) is 0 Å². The van der Waals surface area contributed by atoms with Gasteiger partial charge in [-0.3, -0.25) is 4.79 Å². The lowest BCUT2D eigenvalue weighted by Gasteiger charge is -2.26. The van der Waals surface area contributed by atoms with Crippen LogP contribution in [0.15, 0.2) is 30.3 Å². The molecule has 1 saturated heterocycles. The van der Waals surface area contributed by atoms with Gasteiger partial charge in [0.2, 0.25) is 5.91 Å². The van der Waals surface area contributed by atoms with Gasteiger partial charge in [0.1, 0.15) is 0 Å². The van der Waals surface area contributed by atoms with Crippen molar-refractivity contribution in [3.8, 4) is 0 Å². The summed E-state index contributed by atoms with van der Waals surface area (Å²) in [6.07, 6.45) is 0.828. The number of ether oxygens (including phenoxy) is 1. The van der Waals surface area contributed by atoms with Crippen LogP contribution in [0.1, 0.15) is 18.9 Å². The Morgan fingerprint density at radius 3 is 2.74 bits per heavy atom. The van der Waals surface area contributed by atoms with Gasteiger partial charge in [-0.15, -0.1) is 11.6 Å². The molecule has 2 unspecified atom stereocenters. The Balaban J connectivity index is 2.04. The Morgan fingerprint density at radius 1 is 1.42 bits per heavy atom. The molecule has 0 aromatic heterocycles. The van der Waals surface area contributed by atoms with Crippen molar-refractivity contribution in [1.82, 2.24) is 4.90 Å². The molecule has 0 N–H and O–H groups in total. The number of rotatable bonds is 5. The molecular weight excluding hydrogens is 262 g/mol. The van der Waals surface area contributed by atoms with E-state index in [0.717, 1.165) is 12.0 Å². The zero-order valence-electron chi connectivity index (χ0n) is 11.2. The van der Waals surface area contributed by atoms with Crippen LogP contribution >= 0.6 is 11.6 Å². The van der Waals surface area contributed by atoms with Gasteiger partial charge in [-0.25, -0.2) is 0 Å². The van der Waals surface area contributed by atoms with E-state index in [1.807, 2.05) is 42.2 Å². The Morgan fingerprint density at radius 2 is 2.16 bits per heavy atom. The van der Waals surface area contributed by atoms with Gasteiger partial charge in [0, 0.05) is 25.6 Å². The number of benzene rings is 1. The molecule has 0 aliphatic carbocycles. The quantitative estimate of drug-likeness (QED) is 0.777. The topological polar surface area (TPSA) is 29.5 Å². The van der Waals surface area contributed by atoms with E-state index in [1.54, 1.807) is 0 Å². The fourth-order valence-corrected chi connectivity index (χ4v) is 2.67. The summed E-state index contributed by atoms with van der Waals surface area (Å²) in [5.74, 6) is 0.599. The Labute approximate surface area is 119 Å². The van der Waals surface area contributed by atoms with Crippen LogP contribution < -0.4 is 0 Å². The molecule has 1 aliphatic rings. The summed E-state index contributed by atoms with van der Waals surface area (Å²) in [5.41, 5.74) is 1.13. The van der Waals surface area contributed by atoms with Gasteiger partial charge >= 0.3 is 0 Å². The van der Waals surface area contributed by atoms with E-state index in [1.165, 1.54) is 0 Å². The summed E-state index contributed by atoms with van der Waals surface area (Å²) in [6.45, 7) is 3.85. The molecule has 1 aromatic rings. The summed E-state index contributed by atoms with van der Waals surface area (Å²) >= 11 is 5.82. The normalized spacial score (nSPS) is 22.4. The second kappa shape index (κ2) is 6.92. The van der Waals surface area contributed by atoms with Crippen molar-refractivity contribution in [3.05, 3.63) is 35.9 Å². The number of hydrogen-bond donors (Lipinski definition) is 0. The molecule has 1 aromatic carbocycles. The minimum atomic E-state index is -0.0214. The van der Waals surface area contributed by atoms with Gasteiger partial charge in [-0.1, -0.05) is 30.3 Å². The van der Waals surface area contributed by atoms with Gasteiger partial charge in [-0.05, 0) is 18.9 Å². The molecule has 0 bridgehead atoms. The highest BCUT2D eigenvalue weighted by atomic mass is 35.5. The molecular formula is C15H20ClNO2. The summed E-state index contributed by atoms with van der Waals surface area (Å²) in [4.78, 5) is 14.4. The first kappa shape index (κ1) is 14.4. The minimum absolute atomic E-state index is 0.0149. The predicted octanol–water partition coefficient (Wildman–Crippen LogP) is 2.68. The van der Waals surface area contributed by atoms with Crippen LogP contribution in [0.5, 0.6) is 0 Å². The molecule has 0 radical (unpaired) electrons. The number of halogens is 1. The van der Waals surface area contributed by atoms with Crippen molar-refractivity contribution in [2.24, 2.45) is 5.92 Å². The summed E-state index contributed by atoms with van der Waals surface area (Å²) in [6, 6.07) is 10.0. The largest absolute Gasteiger partial charge is 0.378 e. The Hall–Kier alpha value is -1.06. The van der Waals surface area contributed by atoms with Gasteiger partial charge < -0.3 is 9.64 Å². The number of carbonyl (C=O) groups is 1. The third-order valence-corrected chi connectivity index (χ3v) is 3.74. The molecule has 0 spiro atoms. The Bertz CT molecular complexity index is 410. The lowest BCUT2D eigenvalue weighted by molar-refractivity contribution is -0.137. The number of alkyl halides is 1. The van der Waals surface area contributed by atoms with E-state index in [4.69, 9.17) is 16.3 Å². The van der Waals surface area contributed by atoms with Crippen LogP contribution in [-0.2, 0) is 16.1 Å². The smallest absolute Gasteiger partial charge is 0.228 e. The van der Waals surface area contributed by atoms with Gasteiger partial charge in [0.05, 0.1) is 12.0 Å². The lowest BCUT2D eigenvalue weighted by atomic mass is 10.0. The second-order valence-corrected chi connectivity index (χ2v) is 5.28. The highest BCUT2D eigenvalue weighted by molar-refractivity contribution is 6.18. The number of carbonyl (C=O) groups excluding carboxylic acids is 1. The van der Waals surface area contributed by atoms with E-state index < -0.39 is 0 Å². The van der Waals surface area contributed by atoms with E-state index in [0.29, 0.717) is 25.6 Å². The summed E-state index contributed by atoms with van der Waals surface area (Å²) in [5, 5.41) is 0.